The number of amides is 1. The van der Waals surface area contributed by atoms with Crippen LogP contribution < -0.4 is 10.1 Å². The maximum atomic E-state index is 12.9. The number of carbonyl (C=O) groups is 1. The Balaban J connectivity index is 1.72. The second-order valence-electron chi connectivity index (χ2n) is 5.50. The van der Waals surface area contributed by atoms with Crippen molar-refractivity contribution in [2.45, 2.75) is 13.2 Å². The quantitative estimate of drug-likeness (QED) is 0.606. The largest absolute Gasteiger partial charge is 0.434 e. The predicted molar refractivity (Wildman–Crippen MR) is 96.5 cm³/mol. The molecule has 0 radical (unpaired) electrons. The number of benzene rings is 2. The van der Waals surface area contributed by atoms with Crippen LogP contribution in [0, 0.1) is 5.82 Å². The van der Waals surface area contributed by atoms with E-state index in [1.54, 1.807) is 29.1 Å². The summed E-state index contributed by atoms with van der Waals surface area (Å²) in [6.45, 7) is -2.67. The highest BCUT2D eigenvalue weighted by Gasteiger charge is 2.17. The lowest BCUT2D eigenvalue weighted by Crippen LogP contribution is -2.15. The summed E-state index contributed by atoms with van der Waals surface area (Å²) in [7, 11) is 0. The molecular formula is C18H13BrF3N3O2. The second-order valence-corrected chi connectivity index (χ2v) is 6.41. The van der Waals surface area contributed by atoms with Crippen molar-refractivity contribution in [3.8, 4) is 5.75 Å². The summed E-state index contributed by atoms with van der Waals surface area (Å²) in [6, 6.07) is 11.7. The molecule has 2 aromatic carbocycles. The third-order valence-electron chi connectivity index (χ3n) is 3.54. The minimum atomic E-state index is -3.05. The molecule has 27 heavy (non-hydrogen) atoms. The lowest BCUT2D eigenvalue weighted by Gasteiger charge is -2.10. The van der Waals surface area contributed by atoms with E-state index in [4.69, 9.17) is 0 Å². The van der Waals surface area contributed by atoms with Crippen molar-refractivity contribution in [2.75, 3.05) is 5.32 Å². The van der Waals surface area contributed by atoms with Crippen molar-refractivity contribution in [2.24, 2.45) is 0 Å². The molecule has 1 aromatic heterocycles. The van der Waals surface area contributed by atoms with Crippen LogP contribution in [0.2, 0.25) is 0 Å². The molecule has 0 atom stereocenters. The SMILES string of the molecule is O=C(Nc1ccn(Cc2ccc(F)cc2)n1)c1cc(Br)ccc1OC(F)F. The van der Waals surface area contributed by atoms with Gasteiger partial charge in [-0.3, -0.25) is 9.48 Å². The van der Waals surface area contributed by atoms with Crippen LogP contribution in [0.15, 0.2) is 59.2 Å². The van der Waals surface area contributed by atoms with Crippen LogP contribution in [0.3, 0.4) is 0 Å². The summed E-state index contributed by atoms with van der Waals surface area (Å²) in [6.07, 6.45) is 1.64. The zero-order valence-electron chi connectivity index (χ0n) is 13.7. The van der Waals surface area contributed by atoms with Crippen molar-refractivity contribution in [3.63, 3.8) is 0 Å². The number of nitrogens with zero attached hydrogens (tertiary/aromatic N) is 2. The number of rotatable bonds is 6. The van der Waals surface area contributed by atoms with Gasteiger partial charge in [-0.1, -0.05) is 28.1 Å². The van der Waals surface area contributed by atoms with E-state index in [1.807, 2.05) is 0 Å². The fourth-order valence-corrected chi connectivity index (χ4v) is 2.72. The Morgan fingerprint density at radius 1 is 1.19 bits per heavy atom. The summed E-state index contributed by atoms with van der Waals surface area (Å²) < 4.78 is 44.5. The number of hydrogen-bond donors (Lipinski definition) is 1. The van der Waals surface area contributed by atoms with Gasteiger partial charge in [0, 0.05) is 16.7 Å². The Kier molecular flexibility index (Phi) is 5.80. The van der Waals surface area contributed by atoms with Gasteiger partial charge in [0.2, 0.25) is 0 Å². The maximum Gasteiger partial charge on any atom is 0.387 e. The monoisotopic (exact) mass is 439 g/mol. The minimum Gasteiger partial charge on any atom is -0.434 e. The summed E-state index contributed by atoms with van der Waals surface area (Å²) in [5.41, 5.74) is 0.773. The summed E-state index contributed by atoms with van der Waals surface area (Å²) in [5, 5.41) is 6.73. The molecule has 9 heteroatoms. The first kappa shape index (κ1) is 19.0. The first-order chi connectivity index (χ1) is 12.9. The average molecular weight is 440 g/mol. The predicted octanol–water partition coefficient (Wildman–Crippen LogP) is 4.69. The highest BCUT2D eigenvalue weighted by Crippen LogP contribution is 2.25. The fourth-order valence-electron chi connectivity index (χ4n) is 2.36. The number of carbonyl (C=O) groups excluding carboxylic acids is 1. The molecule has 0 aliphatic carbocycles. The topological polar surface area (TPSA) is 56.2 Å². The van der Waals surface area contributed by atoms with E-state index in [0.29, 0.717) is 11.0 Å². The van der Waals surface area contributed by atoms with E-state index in [0.717, 1.165) is 5.56 Å². The van der Waals surface area contributed by atoms with E-state index in [-0.39, 0.29) is 22.9 Å². The molecule has 1 N–H and O–H groups in total. The molecule has 1 heterocycles. The Hall–Kier alpha value is -2.81. The van der Waals surface area contributed by atoms with Crippen LogP contribution in [-0.2, 0) is 6.54 Å². The van der Waals surface area contributed by atoms with Gasteiger partial charge in [-0.05, 0) is 35.9 Å². The lowest BCUT2D eigenvalue weighted by molar-refractivity contribution is -0.0501. The molecule has 5 nitrogen and oxygen atoms in total. The van der Waals surface area contributed by atoms with Gasteiger partial charge < -0.3 is 10.1 Å². The highest BCUT2D eigenvalue weighted by molar-refractivity contribution is 9.10. The molecule has 0 bridgehead atoms. The molecule has 0 unspecified atom stereocenters. The van der Waals surface area contributed by atoms with Gasteiger partial charge in [0.05, 0.1) is 12.1 Å². The van der Waals surface area contributed by atoms with E-state index in [9.17, 15) is 18.0 Å². The van der Waals surface area contributed by atoms with Crippen LogP contribution in [0.5, 0.6) is 5.75 Å². The summed E-state index contributed by atoms with van der Waals surface area (Å²) >= 11 is 3.19. The number of hydrogen-bond acceptors (Lipinski definition) is 3. The summed E-state index contributed by atoms with van der Waals surface area (Å²) in [4.78, 5) is 12.4. The Morgan fingerprint density at radius 3 is 2.63 bits per heavy atom. The van der Waals surface area contributed by atoms with Crippen molar-refractivity contribution < 1.29 is 22.7 Å². The molecule has 0 saturated heterocycles. The average Bonchev–Trinajstić information content (AvgIpc) is 3.05. The highest BCUT2D eigenvalue weighted by atomic mass is 79.9. The Bertz CT molecular complexity index is 945. The van der Waals surface area contributed by atoms with Crippen molar-refractivity contribution in [1.82, 2.24) is 9.78 Å². The van der Waals surface area contributed by atoms with E-state index >= 15 is 0 Å². The number of anilines is 1. The molecule has 1 amide bonds. The van der Waals surface area contributed by atoms with Crippen LogP contribution >= 0.6 is 15.9 Å². The van der Waals surface area contributed by atoms with E-state index in [2.05, 4.69) is 31.1 Å². The standard InChI is InChI=1S/C18H13BrF3N3O2/c19-12-3-6-15(27-18(21)22)14(9-12)17(26)23-16-7-8-25(24-16)10-11-1-4-13(20)5-2-11/h1-9,18H,10H2,(H,23,24,26). The Morgan fingerprint density at radius 2 is 1.93 bits per heavy atom. The van der Waals surface area contributed by atoms with Gasteiger partial charge >= 0.3 is 6.61 Å². The van der Waals surface area contributed by atoms with Gasteiger partial charge in [0.1, 0.15) is 11.6 Å². The molecule has 0 aliphatic heterocycles. The fraction of sp³-hybridized carbons (Fsp3) is 0.111. The molecule has 0 aliphatic rings. The molecule has 3 aromatic rings. The van der Waals surface area contributed by atoms with Crippen molar-refractivity contribution in [3.05, 3.63) is 76.1 Å². The molecule has 140 valence electrons. The van der Waals surface area contributed by atoms with Gasteiger partial charge in [-0.2, -0.15) is 13.9 Å². The third-order valence-corrected chi connectivity index (χ3v) is 4.04. The Labute approximate surface area is 160 Å². The van der Waals surface area contributed by atoms with Crippen LogP contribution in [0.1, 0.15) is 15.9 Å². The van der Waals surface area contributed by atoms with E-state index < -0.39 is 12.5 Å². The first-order valence-electron chi connectivity index (χ1n) is 7.74. The smallest absolute Gasteiger partial charge is 0.387 e. The zero-order chi connectivity index (χ0) is 19.4. The zero-order valence-corrected chi connectivity index (χ0v) is 15.3. The van der Waals surface area contributed by atoms with Crippen LogP contribution in [-0.4, -0.2) is 22.3 Å². The molecule has 0 fully saturated rings. The normalized spacial score (nSPS) is 10.9. The van der Waals surface area contributed by atoms with Crippen LogP contribution in [0.25, 0.3) is 0 Å². The third kappa shape index (κ3) is 5.10. The van der Waals surface area contributed by atoms with Crippen molar-refractivity contribution in [1.29, 1.82) is 0 Å². The number of alkyl halides is 2. The summed E-state index contributed by atoms with van der Waals surface area (Å²) in [5.74, 6) is -0.969. The second kappa shape index (κ2) is 8.26. The lowest BCUT2D eigenvalue weighted by atomic mass is 10.2. The molecule has 0 saturated carbocycles. The van der Waals surface area contributed by atoms with Crippen LogP contribution in [0.4, 0.5) is 19.0 Å². The van der Waals surface area contributed by atoms with E-state index in [1.165, 1.54) is 30.3 Å². The molecule has 0 spiro atoms. The number of halogens is 4. The number of ether oxygens (including phenoxy) is 1. The maximum absolute atomic E-state index is 12.9. The van der Waals surface area contributed by atoms with Gasteiger partial charge in [-0.25, -0.2) is 4.39 Å². The van der Waals surface area contributed by atoms with Gasteiger partial charge in [0.15, 0.2) is 5.82 Å². The number of aromatic nitrogens is 2. The molecule has 3 rings (SSSR count). The minimum absolute atomic E-state index is 0.0576. The first-order valence-corrected chi connectivity index (χ1v) is 8.53. The van der Waals surface area contributed by atoms with Gasteiger partial charge in [-0.15, -0.1) is 0 Å². The number of nitrogens with one attached hydrogen (secondary N) is 1. The van der Waals surface area contributed by atoms with Crippen molar-refractivity contribution >= 4 is 27.7 Å². The van der Waals surface area contributed by atoms with Gasteiger partial charge in [0.25, 0.3) is 5.91 Å². The molecular weight excluding hydrogens is 427 g/mol.